The summed E-state index contributed by atoms with van der Waals surface area (Å²) in [4.78, 5) is 12.2. The first-order chi connectivity index (χ1) is 10.3. The molecule has 5 heteroatoms. The fourth-order valence-electron chi connectivity index (χ4n) is 3.66. The van der Waals surface area contributed by atoms with Crippen molar-refractivity contribution in [3.05, 3.63) is 0 Å². The van der Waals surface area contributed by atoms with Crippen LogP contribution in [0.4, 0.5) is 4.79 Å². The topological polar surface area (TPSA) is 59.6 Å². The van der Waals surface area contributed by atoms with Gasteiger partial charge in [0.2, 0.25) is 0 Å². The van der Waals surface area contributed by atoms with E-state index in [-0.39, 0.29) is 18.2 Å². The maximum atomic E-state index is 12.2. The van der Waals surface area contributed by atoms with Crippen LogP contribution >= 0.6 is 0 Å². The van der Waals surface area contributed by atoms with Gasteiger partial charge in [0.1, 0.15) is 6.10 Å². The monoisotopic (exact) mass is 312 g/mol. The summed E-state index contributed by atoms with van der Waals surface area (Å²) in [6.45, 7) is 11.6. The first-order valence-electron chi connectivity index (χ1n) is 8.63. The molecule has 1 saturated heterocycles. The number of amides is 2. The van der Waals surface area contributed by atoms with Crippen LogP contribution < -0.4 is 10.6 Å². The zero-order valence-electron chi connectivity index (χ0n) is 14.6. The minimum absolute atomic E-state index is 0.0630. The van der Waals surface area contributed by atoms with Crippen molar-refractivity contribution in [2.45, 2.75) is 71.8 Å². The molecule has 4 atom stereocenters. The van der Waals surface area contributed by atoms with Crippen LogP contribution in [0.3, 0.4) is 0 Å². The van der Waals surface area contributed by atoms with Gasteiger partial charge in [-0.1, -0.05) is 27.2 Å². The van der Waals surface area contributed by atoms with Gasteiger partial charge in [0.05, 0.1) is 6.61 Å². The van der Waals surface area contributed by atoms with Crippen molar-refractivity contribution in [2.75, 3.05) is 13.2 Å². The van der Waals surface area contributed by atoms with Gasteiger partial charge in [0.15, 0.2) is 5.79 Å². The molecule has 1 heterocycles. The lowest BCUT2D eigenvalue weighted by molar-refractivity contribution is -0.137. The summed E-state index contributed by atoms with van der Waals surface area (Å²) in [7, 11) is 0. The predicted octanol–water partition coefficient (Wildman–Crippen LogP) is 2.90. The summed E-state index contributed by atoms with van der Waals surface area (Å²) in [6.07, 6.45) is 3.49. The molecule has 2 rings (SSSR count). The smallest absolute Gasteiger partial charge is 0.315 e. The maximum absolute atomic E-state index is 12.2. The van der Waals surface area contributed by atoms with Crippen molar-refractivity contribution in [1.82, 2.24) is 10.6 Å². The van der Waals surface area contributed by atoms with E-state index in [9.17, 15) is 4.79 Å². The van der Waals surface area contributed by atoms with Crippen molar-refractivity contribution in [3.8, 4) is 0 Å². The van der Waals surface area contributed by atoms with Gasteiger partial charge >= 0.3 is 6.03 Å². The zero-order valence-corrected chi connectivity index (χ0v) is 14.6. The molecule has 1 saturated carbocycles. The number of hydrogen-bond donors (Lipinski definition) is 2. The van der Waals surface area contributed by atoms with E-state index in [2.05, 4.69) is 31.4 Å². The molecule has 2 N–H and O–H groups in total. The van der Waals surface area contributed by atoms with Crippen LogP contribution in [0.5, 0.6) is 0 Å². The largest absolute Gasteiger partial charge is 0.348 e. The second kappa shape index (κ2) is 7.18. The third-order valence-corrected chi connectivity index (χ3v) is 4.90. The van der Waals surface area contributed by atoms with Crippen molar-refractivity contribution >= 4 is 6.03 Å². The standard InChI is InChI=1S/C17H32N2O3/c1-11(2)14-7-6-12(3)8-15(14)19-16(20)18-9-13-10-21-17(4,5)22-13/h11-15H,6-10H2,1-5H3,(H2,18,19,20)/t12-,13?,14+,15+/m1/s1. The molecular weight excluding hydrogens is 280 g/mol. The van der Waals surface area contributed by atoms with E-state index in [4.69, 9.17) is 9.47 Å². The molecule has 22 heavy (non-hydrogen) atoms. The molecule has 1 unspecified atom stereocenters. The summed E-state index contributed by atoms with van der Waals surface area (Å²) in [5.74, 6) is 1.33. The Bertz CT molecular complexity index is 384. The highest BCUT2D eigenvalue weighted by molar-refractivity contribution is 5.74. The van der Waals surface area contributed by atoms with Crippen molar-refractivity contribution in [2.24, 2.45) is 17.8 Å². The molecule has 0 aromatic carbocycles. The van der Waals surface area contributed by atoms with E-state index in [0.717, 1.165) is 6.42 Å². The van der Waals surface area contributed by atoms with Gasteiger partial charge in [-0.25, -0.2) is 4.79 Å². The number of nitrogens with one attached hydrogen (secondary N) is 2. The molecule has 1 aliphatic heterocycles. The Hall–Kier alpha value is -0.810. The lowest BCUT2D eigenvalue weighted by Gasteiger charge is -2.37. The summed E-state index contributed by atoms with van der Waals surface area (Å²) >= 11 is 0. The first kappa shape index (κ1) is 17.5. The average molecular weight is 312 g/mol. The van der Waals surface area contributed by atoms with E-state index >= 15 is 0 Å². The SMILES string of the molecule is CC(C)[C@@H]1CC[C@@H](C)C[C@@H]1NC(=O)NCC1COC(C)(C)O1. The van der Waals surface area contributed by atoms with E-state index < -0.39 is 5.79 Å². The molecule has 2 amide bonds. The van der Waals surface area contributed by atoms with Gasteiger partial charge in [-0.15, -0.1) is 0 Å². The fraction of sp³-hybridized carbons (Fsp3) is 0.941. The third kappa shape index (κ3) is 4.85. The Morgan fingerprint density at radius 2 is 2.05 bits per heavy atom. The van der Waals surface area contributed by atoms with Crippen molar-refractivity contribution in [1.29, 1.82) is 0 Å². The van der Waals surface area contributed by atoms with Gasteiger partial charge in [-0.05, 0) is 44.4 Å². The summed E-state index contributed by atoms with van der Waals surface area (Å²) in [6, 6.07) is 0.194. The second-order valence-electron chi connectivity index (χ2n) is 7.74. The Labute approximate surface area is 134 Å². The van der Waals surface area contributed by atoms with Crippen LogP contribution in [0, 0.1) is 17.8 Å². The minimum atomic E-state index is -0.537. The molecule has 2 aliphatic rings. The predicted molar refractivity (Wildman–Crippen MR) is 86.6 cm³/mol. The Morgan fingerprint density at radius 1 is 1.32 bits per heavy atom. The third-order valence-electron chi connectivity index (χ3n) is 4.90. The van der Waals surface area contributed by atoms with E-state index in [1.54, 1.807) is 0 Å². The normalized spacial score (nSPS) is 34.6. The van der Waals surface area contributed by atoms with Gasteiger partial charge in [0.25, 0.3) is 0 Å². The number of hydrogen-bond acceptors (Lipinski definition) is 3. The summed E-state index contributed by atoms with van der Waals surface area (Å²) < 4.78 is 11.2. The lowest BCUT2D eigenvalue weighted by Crippen LogP contribution is -2.50. The van der Waals surface area contributed by atoms with E-state index in [0.29, 0.717) is 30.9 Å². The van der Waals surface area contributed by atoms with Crippen LogP contribution in [0.25, 0.3) is 0 Å². The molecule has 1 aliphatic carbocycles. The van der Waals surface area contributed by atoms with Crippen LogP contribution in [-0.2, 0) is 9.47 Å². The number of carbonyl (C=O) groups excluding carboxylic acids is 1. The lowest BCUT2D eigenvalue weighted by atomic mass is 9.74. The minimum Gasteiger partial charge on any atom is -0.348 e. The van der Waals surface area contributed by atoms with Crippen molar-refractivity contribution in [3.63, 3.8) is 0 Å². The molecule has 2 fully saturated rings. The van der Waals surface area contributed by atoms with E-state index in [1.165, 1.54) is 12.8 Å². The summed E-state index contributed by atoms with van der Waals surface area (Å²) in [5, 5.41) is 6.11. The average Bonchev–Trinajstić information content (AvgIpc) is 2.76. The quantitative estimate of drug-likeness (QED) is 0.839. The Kier molecular flexibility index (Phi) is 5.72. The van der Waals surface area contributed by atoms with Gasteiger partial charge in [-0.2, -0.15) is 0 Å². The summed E-state index contributed by atoms with van der Waals surface area (Å²) in [5.41, 5.74) is 0. The second-order valence-corrected chi connectivity index (χ2v) is 7.74. The van der Waals surface area contributed by atoms with Crippen LogP contribution in [0.15, 0.2) is 0 Å². The molecule has 5 nitrogen and oxygen atoms in total. The van der Waals surface area contributed by atoms with Gasteiger partial charge in [0, 0.05) is 12.6 Å². The molecule has 0 aromatic heterocycles. The van der Waals surface area contributed by atoms with Gasteiger partial charge in [-0.3, -0.25) is 0 Å². The maximum Gasteiger partial charge on any atom is 0.315 e. The highest BCUT2D eigenvalue weighted by Crippen LogP contribution is 2.33. The zero-order chi connectivity index (χ0) is 16.3. The number of carbonyl (C=O) groups is 1. The molecule has 0 spiro atoms. The number of urea groups is 1. The van der Waals surface area contributed by atoms with Gasteiger partial charge < -0.3 is 20.1 Å². The molecular formula is C17H32N2O3. The van der Waals surface area contributed by atoms with Crippen LogP contribution in [-0.4, -0.2) is 37.1 Å². The molecule has 0 radical (unpaired) electrons. The first-order valence-corrected chi connectivity index (χ1v) is 8.63. The molecule has 0 bridgehead atoms. The van der Waals surface area contributed by atoms with Crippen LogP contribution in [0.2, 0.25) is 0 Å². The van der Waals surface area contributed by atoms with Crippen LogP contribution in [0.1, 0.15) is 53.9 Å². The molecule has 128 valence electrons. The highest BCUT2D eigenvalue weighted by Gasteiger charge is 2.34. The highest BCUT2D eigenvalue weighted by atomic mass is 16.7. The fourth-order valence-corrected chi connectivity index (χ4v) is 3.66. The van der Waals surface area contributed by atoms with Crippen molar-refractivity contribution < 1.29 is 14.3 Å². The Morgan fingerprint density at radius 3 is 2.64 bits per heavy atom. The molecule has 0 aromatic rings. The number of ether oxygens (including phenoxy) is 2. The van der Waals surface area contributed by atoms with E-state index in [1.807, 2.05) is 13.8 Å². The number of rotatable bonds is 4. The Balaban J connectivity index is 1.77.